The number of pyridine rings is 1. The molecule has 6 heteroatoms. The van der Waals surface area contributed by atoms with Crippen molar-refractivity contribution in [3.8, 4) is 0 Å². The van der Waals surface area contributed by atoms with E-state index in [-0.39, 0.29) is 18.4 Å². The first-order valence-electron chi connectivity index (χ1n) is 6.39. The predicted octanol–water partition coefficient (Wildman–Crippen LogP) is 2.75. The van der Waals surface area contributed by atoms with E-state index in [1.54, 1.807) is 36.5 Å². The standard InChI is InChI=1S/C15H12BrN3O2/c1-9-6-7-17-14-13(9)18-12(20)8-19(14)15(21)10-2-4-11(16)5-3-10/h2-7H,8H2,1H3,(H,18,20). The summed E-state index contributed by atoms with van der Waals surface area (Å²) >= 11 is 3.33. The Kier molecular flexibility index (Phi) is 3.47. The van der Waals surface area contributed by atoms with Gasteiger partial charge in [-0.25, -0.2) is 4.98 Å². The van der Waals surface area contributed by atoms with Crippen molar-refractivity contribution in [2.24, 2.45) is 0 Å². The van der Waals surface area contributed by atoms with E-state index in [1.807, 2.05) is 6.92 Å². The molecule has 1 aliphatic heterocycles. The molecule has 0 radical (unpaired) electrons. The summed E-state index contributed by atoms with van der Waals surface area (Å²) < 4.78 is 0.893. The molecule has 0 fully saturated rings. The second-order valence-electron chi connectivity index (χ2n) is 4.77. The van der Waals surface area contributed by atoms with Crippen LogP contribution in [0.2, 0.25) is 0 Å². The zero-order valence-corrected chi connectivity index (χ0v) is 12.8. The number of amides is 2. The Hall–Kier alpha value is -2.21. The van der Waals surface area contributed by atoms with Crippen molar-refractivity contribution in [3.63, 3.8) is 0 Å². The van der Waals surface area contributed by atoms with E-state index in [0.29, 0.717) is 17.1 Å². The van der Waals surface area contributed by atoms with Crippen LogP contribution in [0.5, 0.6) is 0 Å². The van der Waals surface area contributed by atoms with Crippen LogP contribution in [-0.4, -0.2) is 23.3 Å². The normalized spacial score (nSPS) is 13.6. The van der Waals surface area contributed by atoms with Crippen molar-refractivity contribution < 1.29 is 9.59 Å². The summed E-state index contributed by atoms with van der Waals surface area (Å²) in [6.45, 7) is 1.84. The minimum Gasteiger partial charge on any atom is -0.321 e. The molecule has 2 aromatic rings. The number of carbonyl (C=O) groups is 2. The maximum atomic E-state index is 12.6. The van der Waals surface area contributed by atoms with Gasteiger partial charge in [-0.05, 0) is 42.8 Å². The van der Waals surface area contributed by atoms with Gasteiger partial charge in [-0.15, -0.1) is 0 Å². The van der Waals surface area contributed by atoms with Crippen LogP contribution in [0.15, 0.2) is 41.0 Å². The van der Waals surface area contributed by atoms with Crippen LogP contribution >= 0.6 is 15.9 Å². The fraction of sp³-hybridized carbons (Fsp3) is 0.133. The van der Waals surface area contributed by atoms with Crippen LogP contribution in [0.3, 0.4) is 0 Å². The van der Waals surface area contributed by atoms with Crippen LogP contribution in [-0.2, 0) is 4.79 Å². The Morgan fingerprint density at radius 3 is 2.71 bits per heavy atom. The van der Waals surface area contributed by atoms with Crippen molar-refractivity contribution >= 4 is 39.2 Å². The van der Waals surface area contributed by atoms with Crippen LogP contribution in [0.25, 0.3) is 0 Å². The van der Waals surface area contributed by atoms with Gasteiger partial charge in [-0.3, -0.25) is 14.5 Å². The zero-order valence-electron chi connectivity index (χ0n) is 11.3. The number of aryl methyl sites for hydroxylation is 1. The van der Waals surface area contributed by atoms with Crippen LogP contribution in [0.4, 0.5) is 11.5 Å². The second-order valence-corrected chi connectivity index (χ2v) is 5.69. The molecular formula is C15H12BrN3O2. The lowest BCUT2D eigenvalue weighted by atomic mass is 10.1. The number of carbonyl (C=O) groups excluding carboxylic acids is 2. The molecule has 2 amide bonds. The van der Waals surface area contributed by atoms with Gasteiger partial charge in [-0.1, -0.05) is 15.9 Å². The quantitative estimate of drug-likeness (QED) is 0.864. The first-order chi connectivity index (χ1) is 10.1. The highest BCUT2D eigenvalue weighted by atomic mass is 79.9. The van der Waals surface area contributed by atoms with E-state index in [0.717, 1.165) is 10.0 Å². The van der Waals surface area contributed by atoms with Crippen molar-refractivity contribution in [2.45, 2.75) is 6.92 Å². The fourth-order valence-electron chi connectivity index (χ4n) is 2.22. The van der Waals surface area contributed by atoms with Gasteiger partial charge in [0.2, 0.25) is 5.91 Å². The number of hydrogen-bond donors (Lipinski definition) is 1. The molecule has 0 saturated heterocycles. The number of halogens is 1. The third-order valence-corrected chi connectivity index (χ3v) is 3.83. The van der Waals surface area contributed by atoms with Crippen molar-refractivity contribution in [2.75, 3.05) is 16.8 Å². The van der Waals surface area contributed by atoms with Gasteiger partial charge in [0.1, 0.15) is 6.54 Å². The lowest BCUT2D eigenvalue weighted by Gasteiger charge is -2.28. The first-order valence-corrected chi connectivity index (χ1v) is 7.18. The number of aromatic nitrogens is 1. The van der Waals surface area contributed by atoms with E-state index in [9.17, 15) is 9.59 Å². The number of benzene rings is 1. The smallest absolute Gasteiger partial charge is 0.259 e. The highest BCUT2D eigenvalue weighted by Crippen LogP contribution is 2.30. The lowest BCUT2D eigenvalue weighted by Crippen LogP contribution is -2.43. The number of nitrogens with one attached hydrogen (secondary N) is 1. The topological polar surface area (TPSA) is 62.3 Å². The van der Waals surface area contributed by atoms with Crippen LogP contribution in [0.1, 0.15) is 15.9 Å². The third kappa shape index (κ3) is 2.54. The average molecular weight is 346 g/mol. The summed E-state index contributed by atoms with van der Waals surface area (Å²) in [5, 5.41) is 2.77. The summed E-state index contributed by atoms with van der Waals surface area (Å²) in [6, 6.07) is 8.82. The molecule has 0 atom stereocenters. The molecule has 1 aromatic heterocycles. The number of anilines is 2. The summed E-state index contributed by atoms with van der Waals surface area (Å²) in [7, 11) is 0. The van der Waals surface area contributed by atoms with Gasteiger partial charge in [-0.2, -0.15) is 0 Å². The molecule has 0 saturated carbocycles. The number of rotatable bonds is 1. The van der Waals surface area contributed by atoms with Crippen molar-refractivity contribution in [1.29, 1.82) is 0 Å². The molecule has 1 aliphatic rings. The molecule has 0 spiro atoms. The molecule has 1 aromatic carbocycles. The average Bonchev–Trinajstić information content (AvgIpc) is 2.47. The van der Waals surface area contributed by atoms with Gasteiger partial charge >= 0.3 is 0 Å². The van der Waals surface area contributed by atoms with Crippen LogP contribution < -0.4 is 10.2 Å². The Morgan fingerprint density at radius 1 is 1.29 bits per heavy atom. The number of nitrogens with zero attached hydrogens (tertiary/aromatic N) is 2. The molecule has 0 unspecified atom stereocenters. The fourth-order valence-corrected chi connectivity index (χ4v) is 2.48. The largest absolute Gasteiger partial charge is 0.321 e. The third-order valence-electron chi connectivity index (χ3n) is 3.30. The monoisotopic (exact) mass is 345 g/mol. The van der Waals surface area contributed by atoms with E-state index in [4.69, 9.17) is 0 Å². The van der Waals surface area contributed by atoms with E-state index >= 15 is 0 Å². The van der Waals surface area contributed by atoms with E-state index < -0.39 is 0 Å². The Morgan fingerprint density at radius 2 is 2.00 bits per heavy atom. The minimum atomic E-state index is -0.239. The van der Waals surface area contributed by atoms with Crippen LogP contribution in [0, 0.1) is 6.92 Å². The van der Waals surface area contributed by atoms with E-state index in [2.05, 4.69) is 26.2 Å². The first kappa shape index (κ1) is 13.8. The summed E-state index contributed by atoms with van der Waals surface area (Å²) in [5.41, 5.74) is 1.99. The molecule has 0 aliphatic carbocycles. The molecule has 2 heterocycles. The van der Waals surface area contributed by atoms with Gasteiger partial charge in [0.15, 0.2) is 5.82 Å². The Bertz CT molecular complexity index is 728. The molecule has 106 valence electrons. The highest BCUT2D eigenvalue weighted by molar-refractivity contribution is 9.10. The Balaban J connectivity index is 2.03. The summed E-state index contributed by atoms with van der Waals surface area (Å²) in [4.78, 5) is 30.1. The zero-order chi connectivity index (χ0) is 15.0. The van der Waals surface area contributed by atoms with Gasteiger partial charge in [0.05, 0.1) is 5.69 Å². The number of fused-ring (bicyclic) bond motifs is 1. The maximum Gasteiger partial charge on any atom is 0.259 e. The highest BCUT2D eigenvalue weighted by Gasteiger charge is 2.29. The summed E-state index contributed by atoms with van der Waals surface area (Å²) in [5.74, 6) is 0.0308. The molecular weight excluding hydrogens is 334 g/mol. The molecule has 21 heavy (non-hydrogen) atoms. The lowest BCUT2D eigenvalue weighted by molar-refractivity contribution is -0.115. The van der Waals surface area contributed by atoms with Gasteiger partial charge < -0.3 is 5.32 Å². The molecule has 5 nitrogen and oxygen atoms in total. The van der Waals surface area contributed by atoms with E-state index in [1.165, 1.54) is 4.90 Å². The molecule has 3 rings (SSSR count). The Labute approximate surface area is 130 Å². The maximum absolute atomic E-state index is 12.6. The number of hydrogen-bond acceptors (Lipinski definition) is 3. The molecule has 0 bridgehead atoms. The minimum absolute atomic E-state index is 0.0294. The van der Waals surface area contributed by atoms with Gasteiger partial charge in [0, 0.05) is 16.2 Å². The summed E-state index contributed by atoms with van der Waals surface area (Å²) in [6.07, 6.45) is 1.63. The van der Waals surface area contributed by atoms with Crippen molar-refractivity contribution in [3.05, 3.63) is 52.1 Å². The second kappa shape index (κ2) is 5.29. The molecule has 1 N–H and O–H groups in total. The van der Waals surface area contributed by atoms with Gasteiger partial charge in [0.25, 0.3) is 5.91 Å². The van der Waals surface area contributed by atoms with Crippen molar-refractivity contribution in [1.82, 2.24) is 4.98 Å². The predicted molar refractivity (Wildman–Crippen MR) is 83.4 cm³/mol. The SMILES string of the molecule is Cc1ccnc2c1NC(=O)CN2C(=O)c1ccc(Br)cc1.